The average molecular weight is 439 g/mol. The number of piperidine rings is 1. The molecule has 1 aromatic heterocycles. The van der Waals surface area contributed by atoms with Crippen molar-refractivity contribution in [3.05, 3.63) is 65.2 Å². The first-order valence-corrected chi connectivity index (χ1v) is 10.9. The SMILES string of the molecule is CNC(=O)[C@@H]1[C@@H](Cc2ccnc(C)c2)C(=O)N1C(=O)N1CCC[C@H](c2ccc(F)cc2)C1. The maximum absolute atomic E-state index is 13.3. The fraction of sp³-hybridized carbons (Fsp3) is 0.417. The summed E-state index contributed by atoms with van der Waals surface area (Å²) in [4.78, 5) is 45.8. The molecule has 3 atom stereocenters. The van der Waals surface area contributed by atoms with Crippen molar-refractivity contribution in [2.45, 2.75) is 38.1 Å². The number of carbonyl (C=O) groups is 3. The molecule has 3 heterocycles. The van der Waals surface area contributed by atoms with Crippen LogP contribution in [0.2, 0.25) is 0 Å². The van der Waals surface area contributed by atoms with Crippen LogP contribution >= 0.6 is 0 Å². The van der Waals surface area contributed by atoms with Crippen LogP contribution < -0.4 is 5.32 Å². The molecule has 0 saturated carbocycles. The lowest BCUT2D eigenvalue weighted by Gasteiger charge is -2.47. The Morgan fingerprint density at radius 1 is 1.22 bits per heavy atom. The number of halogens is 1. The number of urea groups is 1. The van der Waals surface area contributed by atoms with Gasteiger partial charge in [0.25, 0.3) is 0 Å². The number of hydrogen-bond acceptors (Lipinski definition) is 4. The van der Waals surface area contributed by atoms with Crippen LogP contribution in [0.15, 0.2) is 42.6 Å². The first kappa shape index (κ1) is 21.9. The van der Waals surface area contributed by atoms with Gasteiger partial charge in [0.2, 0.25) is 11.8 Å². The second-order valence-corrected chi connectivity index (χ2v) is 8.50. The number of likely N-dealkylation sites (tertiary alicyclic amines) is 2. The highest BCUT2D eigenvalue weighted by atomic mass is 19.1. The molecule has 0 spiro atoms. The van der Waals surface area contributed by atoms with Gasteiger partial charge in [-0.2, -0.15) is 0 Å². The molecule has 1 N–H and O–H groups in total. The van der Waals surface area contributed by atoms with Crippen LogP contribution in [0.1, 0.15) is 35.6 Å². The summed E-state index contributed by atoms with van der Waals surface area (Å²) >= 11 is 0. The molecule has 4 amide bonds. The summed E-state index contributed by atoms with van der Waals surface area (Å²) in [6.07, 6.45) is 3.71. The highest BCUT2D eigenvalue weighted by molar-refractivity contribution is 6.09. The molecule has 2 aliphatic rings. The number of nitrogens with one attached hydrogen (secondary N) is 1. The highest BCUT2D eigenvalue weighted by Crippen LogP contribution is 2.34. The third-order valence-electron chi connectivity index (χ3n) is 6.39. The van der Waals surface area contributed by atoms with Crippen LogP contribution in [0.25, 0.3) is 0 Å². The lowest BCUT2D eigenvalue weighted by molar-refractivity contribution is -0.158. The Morgan fingerprint density at radius 2 is 1.97 bits per heavy atom. The lowest BCUT2D eigenvalue weighted by Crippen LogP contribution is -2.70. The van der Waals surface area contributed by atoms with Crippen molar-refractivity contribution in [2.24, 2.45) is 5.92 Å². The van der Waals surface area contributed by atoms with Crippen molar-refractivity contribution in [1.82, 2.24) is 20.1 Å². The molecule has 7 nitrogen and oxygen atoms in total. The molecule has 0 aliphatic carbocycles. The van der Waals surface area contributed by atoms with Crippen LogP contribution in [0.5, 0.6) is 0 Å². The molecule has 2 aromatic rings. The maximum atomic E-state index is 13.3. The molecule has 0 radical (unpaired) electrons. The number of rotatable bonds is 4. The standard InChI is InChI=1S/C24H27FN4O3/c1-15-12-16(9-10-27-15)13-20-21(22(30)26-2)29(23(20)31)24(32)28-11-3-4-18(14-28)17-5-7-19(25)8-6-17/h5-10,12,18,20-21H,3-4,11,13-14H2,1-2H3,(H,26,30)/t18-,20+,21-/m0/s1. The van der Waals surface area contributed by atoms with E-state index in [1.165, 1.54) is 19.2 Å². The van der Waals surface area contributed by atoms with E-state index in [-0.39, 0.29) is 23.5 Å². The first-order valence-electron chi connectivity index (χ1n) is 10.9. The summed E-state index contributed by atoms with van der Waals surface area (Å²) in [5, 5.41) is 2.59. The quantitative estimate of drug-likeness (QED) is 0.744. The molecule has 0 bridgehead atoms. The summed E-state index contributed by atoms with van der Waals surface area (Å²) in [6, 6.07) is 8.76. The number of benzene rings is 1. The van der Waals surface area contributed by atoms with Gasteiger partial charge in [0, 0.05) is 37.9 Å². The van der Waals surface area contributed by atoms with Crippen molar-refractivity contribution < 1.29 is 18.8 Å². The molecule has 2 aliphatic heterocycles. The van der Waals surface area contributed by atoms with Gasteiger partial charge in [0.05, 0.1) is 5.92 Å². The van der Waals surface area contributed by atoms with Gasteiger partial charge in [-0.05, 0) is 61.6 Å². The van der Waals surface area contributed by atoms with Gasteiger partial charge in [0.1, 0.15) is 11.9 Å². The number of β-lactam (4-membered cyclic amide) rings is 1. The number of likely N-dealkylation sites (N-methyl/N-ethyl adjacent to an activating group) is 1. The van der Waals surface area contributed by atoms with Crippen LogP contribution in [-0.4, -0.2) is 58.8 Å². The van der Waals surface area contributed by atoms with Crippen molar-refractivity contribution >= 4 is 17.8 Å². The van der Waals surface area contributed by atoms with Crippen LogP contribution in [0.3, 0.4) is 0 Å². The maximum Gasteiger partial charge on any atom is 0.327 e. The summed E-state index contributed by atoms with van der Waals surface area (Å²) in [7, 11) is 1.51. The molecule has 2 fully saturated rings. The Balaban J connectivity index is 1.49. The monoisotopic (exact) mass is 438 g/mol. The summed E-state index contributed by atoms with van der Waals surface area (Å²) in [6.45, 7) is 2.82. The topological polar surface area (TPSA) is 82.6 Å². The van der Waals surface area contributed by atoms with Crippen LogP contribution in [0, 0.1) is 18.7 Å². The van der Waals surface area contributed by atoms with E-state index in [2.05, 4.69) is 10.3 Å². The molecule has 4 rings (SSSR count). The predicted octanol–water partition coefficient (Wildman–Crippen LogP) is 2.64. The van der Waals surface area contributed by atoms with E-state index < -0.39 is 18.0 Å². The normalized spacial score (nSPS) is 23.0. The third-order valence-corrected chi connectivity index (χ3v) is 6.39. The molecule has 1 aromatic carbocycles. The van der Waals surface area contributed by atoms with Gasteiger partial charge in [0.15, 0.2) is 0 Å². The van der Waals surface area contributed by atoms with Gasteiger partial charge >= 0.3 is 6.03 Å². The van der Waals surface area contributed by atoms with Gasteiger partial charge < -0.3 is 10.2 Å². The fourth-order valence-electron chi connectivity index (χ4n) is 4.70. The number of aromatic nitrogens is 1. The summed E-state index contributed by atoms with van der Waals surface area (Å²) < 4.78 is 13.3. The second-order valence-electron chi connectivity index (χ2n) is 8.50. The van der Waals surface area contributed by atoms with Crippen LogP contribution in [0.4, 0.5) is 9.18 Å². The molecule has 168 valence electrons. The molecular formula is C24H27FN4O3. The van der Waals surface area contributed by atoms with E-state index in [1.807, 2.05) is 19.1 Å². The third kappa shape index (κ3) is 4.22. The molecular weight excluding hydrogens is 411 g/mol. The number of pyridine rings is 1. The van der Waals surface area contributed by atoms with Gasteiger partial charge in [-0.15, -0.1) is 0 Å². The average Bonchev–Trinajstić information content (AvgIpc) is 2.80. The van der Waals surface area contributed by atoms with E-state index >= 15 is 0 Å². The van der Waals surface area contributed by atoms with Crippen LogP contribution in [-0.2, 0) is 16.0 Å². The zero-order chi connectivity index (χ0) is 22.8. The number of imide groups is 1. The fourth-order valence-corrected chi connectivity index (χ4v) is 4.70. The molecule has 0 unspecified atom stereocenters. The van der Waals surface area contributed by atoms with E-state index in [0.717, 1.165) is 34.6 Å². The smallest absolute Gasteiger partial charge is 0.327 e. The predicted molar refractivity (Wildman–Crippen MR) is 116 cm³/mol. The van der Waals surface area contributed by atoms with E-state index in [4.69, 9.17) is 0 Å². The van der Waals surface area contributed by atoms with Crippen molar-refractivity contribution in [3.8, 4) is 0 Å². The molecule has 8 heteroatoms. The lowest BCUT2D eigenvalue weighted by atomic mass is 9.81. The number of carbonyl (C=O) groups excluding carboxylic acids is 3. The highest BCUT2D eigenvalue weighted by Gasteiger charge is 2.55. The van der Waals surface area contributed by atoms with Crippen molar-refractivity contribution in [2.75, 3.05) is 20.1 Å². The summed E-state index contributed by atoms with van der Waals surface area (Å²) in [5.41, 5.74) is 2.71. The zero-order valence-corrected chi connectivity index (χ0v) is 18.3. The van der Waals surface area contributed by atoms with Gasteiger partial charge in [-0.3, -0.25) is 19.5 Å². The van der Waals surface area contributed by atoms with Gasteiger partial charge in [-0.1, -0.05) is 12.1 Å². The minimum absolute atomic E-state index is 0.0683. The van der Waals surface area contributed by atoms with Crippen molar-refractivity contribution in [3.63, 3.8) is 0 Å². The number of amides is 4. The molecule has 2 saturated heterocycles. The Labute approximate surface area is 186 Å². The largest absolute Gasteiger partial charge is 0.357 e. The van der Waals surface area contributed by atoms with E-state index in [1.54, 1.807) is 23.2 Å². The van der Waals surface area contributed by atoms with E-state index in [0.29, 0.717) is 19.5 Å². The number of aryl methyl sites for hydroxylation is 1. The molecule has 32 heavy (non-hydrogen) atoms. The Bertz CT molecular complexity index is 1030. The first-order chi connectivity index (χ1) is 15.4. The Hall–Kier alpha value is -3.29. The number of hydrogen-bond donors (Lipinski definition) is 1. The zero-order valence-electron chi connectivity index (χ0n) is 18.3. The van der Waals surface area contributed by atoms with E-state index in [9.17, 15) is 18.8 Å². The minimum Gasteiger partial charge on any atom is -0.357 e. The Morgan fingerprint density at radius 3 is 2.66 bits per heavy atom. The summed E-state index contributed by atoms with van der Waals surface area (Å²) in [5.74, 6) is -1.49. The number of nitrogens with zero attached hydrogens (tertiary/aromatic N) is 3. The van der Waals surface area contributed by atoms with Crippen molar-refractivity contribution in [1.29, 1.82) is 0 Å². The second kappa shape index (κ2) is 9.06. The minimum atomic E-state index is -0.834. The van der Waals surface area contributed by atoms with Gasteiger partial charge in [-0.25, -0.2) is 9.18 Å². The Kier molecular flexibility index (Phi) is 6.21.